The molecule has 0 aromatic heterocycles. The molecule has 0 bridgehead atoms. The van der Waals surface area contributed by atoms with Crippen molar-refractivity contribution in [1.29, 1.82) is 0 Å². The van der Waals surface area contributed by atoms with Gasteiger partial charge in [-0.15, -0.1) is 0 Å². The molecule has 8 nitrogen and oxygen atoms in total. The Morgan fingerprint density at radius 1 is 1.13 bits per heavy atom. The van der Waals surface area contributed by atoms with Crippen LogP contribution in [0, 0.1) is 0 Å². The molecule has 2 heterocycles. The van der Waals surface area contributed by atoms with Crippen LogP contribution in [0.5, 0.6) is 5.75 Å². The average Bonchev–Trinajstić information content (AvgIpc) is 2.91. The van der Waals surface area contributed by atoms with Gasteiger partial charge in [0.15, 0.2) is 0 Å². The second-order valence-corrected chi connectivity index (χ2v) is 9.48. The van der Waals surface area contributed by atoms with Gasteiger partial charge in [0.05, 0.1) is 12.8 Å². The summed E-state index contributed by atoms with van der Waals surface area (Å²) < 4.78 is 5.11. The summed E-state index contributed by atoms with van der Waals surface area (Å²) >= 11 is 0. The van der Waals surface area contributed by atoms with Crippen molar-refractivity contribution in [3.05, 3.63) is 24.3 Å². The minimum atomic E-state index is -0.703. The highest BCUT2D eigenvalue weighted by Crippen LogP contribution is 2.29. The number of benzene rings is 1. The maximum Gasteiger partial charge on any atom is 0.329 e. The van der Waals surface area contributed by atoms with Crippen LogP contribution in [-0.2, 0) is 9.59 Å². The number of rotatable bonds is 6. The highest BCUT2D eigenvalue weighted by Gasteiger charge is 2.40. The van der Waals surface area contributed by atoms with E-state index in [-0.39, 0.29) is 41.8 Å². The molecule has 1 atom stereocenters. The number of nitrogens with one attached hydrogen (secondary N) is 3. The molecule has 1 aromatic carbocycles. The molecule has 2 fully saturated rings. The fraction of sp³-hybridized carbons (Fsp3) is 0.591. The Morgan fingerprint density at radius 3 is 2.30 bits per heavy atom. The molecule has 30 heavy (non-hydrogen) atoms. The van der Waals surface area contributed by atoms with Gasteiger partial charge in [-0.2, -0.15) is 0 Å². The van der Waals surface area contributed by atoms with Crippen molar-refractivity contribution in [2.75, 3.05) is 12.0 Å². The van der Waals surface area contributed by atoms with Crippen molar-refractivity contribution < 1.29 is 19.1 Å². The van der Waals surface area contributed by atoms with E-state index in [9.17, 15) is 14.4 Å². The number of hydrogen-bond donors (Lipinski definition) is 3. The van der Waals surface area contributed by atoms with E-state index in [0.717, 1.165) is 17.7 Å². The second kappa shape index (κ2) is 8.26. The van der Waals surface area contributed by atoms with Crippen molar-refractivity contribution in [3.63, 3.8) is 0 Å². The van der Waals surface area contributed by atoms with E-state index in [2.05, 4.69) is 43.6 Å². The molecule has 1 aromatic rings. The molecule has 0 aliphatic carbocycles. The molecular formula is C22H32N4O4. The number of anilines is 1. The number of urea groups is 1. The lowest BCUT2D eigenvalue weighted by molar-refractivity contribution is -0.122. The standard InChI is InChI=1S/C22H32N4O4/c1-21(2)12-14(13-22(3,4)25-21)23-18(27)11-10-17-19(28)26(20(29)24-17)15-6-8-16(30-5)9-7-15/h6-9,14,17,25H,10-13H2,1-5H3,(H,23,27)(H,24,29)/t17-/m1/s1. The third-order valence-corrected chi connectivity index (χ3v) is 5.57. The van der Waals surface area contributed by atoms with E-state index in [1.165, 1.54) is 0 Å². The van der Waals surface area contributed by atoms with Crippen molar-refractivity contribution in [1.82, 2.24) is 16.0 Å². The number of nitrogens with zero attached hydrogens (tertiary/aromatic N) is 1. The molecule has 3 rings (SSSR count). The average molecular weight is 417 g/mol. The summed E-state index contributed by atoms with van der Waals surface area (Å²) in [6, 6.07) is 5.60. The van der Waals surface area contributed by atoms with Crippen LogP contribution >= 0.6 is 0 Å². The summed E-state index contributed by atoms with van der Waals surface area (Å²) in [5, 5.41) is 9.38. The predicted molar refractivity (Wildman–Crippen MR) is 114 cm³/mol. The Hall–Kier alpha value is -2.61. The molecule has 2 aliphatic heterocycles. The molecule has 2 aliphatic rings. The first kappa shape index (κ1) is 22.1. The first-order chi connectivity index (χ1) is 14.0. The van der Waals surface area contributed by atoms with Gasteiger partial charge in [0.25, 0.3) is 5.91 Å². The number of imide groups is 1. The van der Waals surface area contributed by atoms with Gasteiger partial charge in [0.1, 0.15) is 11.8 Å². The zero-order valence-corrected chi connectivity index (χ0v) is 18.4. The summed E-state index contributed by atoms with van der Waals surface area (Å²) in [5.74, 6) is 0.198. The predicted octanol–water partition coefficient (Wildman–Crippen LogP) is 2.33. The normalized spacial score (nSPS) is 23.2. The Labute approximate surface area is 177 Å². The lowest BCUT2D eigenvalue weighted by atomic mass is 9.79. The van der Waals surface area contributed by atoms with Crippen LogP contribution in [0.15, 0.2) is 24.3 Å². The summed E-state index contributed by atoms with van der Waals surface area (Å²) in [7, 11) is 1.55. The number of carbonyl (C=O) groups is 3. The van der Waals surface area contributed by atoms with E-state index >= 15 is 0 Å². The molecule has 0 saturated carbocycles. The SMILES string of the molecule is COc1ccc(N2C(=O)N[C@H](CCC(=O)NC3CC(C)(C)NC(C)(C)C3)C2=O)cc1. The number of hydrogen-bond acceptors (Lipinski definition) is 5. The van der Waals surface area contributed by atoms with Gasteiger partial charge >= 0.3 is 6.03 Å². The third-order valence-electron chi connectivity index (χ3n) is 5.57. The first-order valence-electron chi connectivity index (χ1n) is 10.4. The lowest BCUT2D eigenvalue weighted by Crippen LogP contribution is -2.62. The smallest absolute Gasteiger partial charge is 0.329 e. The zero-order chi connectivity index (χ0) is 22.1. The van der Waals surface area contributed by atoms with Gasteiger partial charge in [-0.3, -0.25) is 9.59 Å². The number of methoxy groups -OCH3 is 1. The Balaban J connectivity index is 1.55. The summed E-state index contributed by atoms with van der Waals surface area (Å²) in [4.78, 5) is 38.7. The van der Waals surface area contributed by atoms with Crippen LogP contribution in [0.2, 0.25) is 0 Å². The second-order valence-electron chi connectivity index (χ2n) is 9.48. The zero-order valence-electron chi connectivity index (χ0n) is 18.4. The third kappa shape index (κ3) is 5.11. The number of piperidine rings is 1. The summed E-state index contributed by atoms with van der Waals surface area (Å²) in [6.45, 7) is 8.53. The highest BCUT2D eigenvalue weighted by atomic mass is 16.5. The quantitative estimate of drug-likeness (QED) is 0.618. The fourth-order valence-electron chi connectivity index (χ4n) is 4.70. The molecule has 0 radical (unpaired) electrons. The monoisotopic (exact) mass is 416 g/mol. The van der Waals surface area contributed by atoms with Crippen LogP contribution in [0.25, 0.3) is 0 Å². The first-order valence-corrected chi connectivity index (χ1v) is 10.4. The molecule has 0 unspecified atom stereocenters. The van der Waals surface area contributed by atoms with Gasteiger partial charge < -0.3 is 20.7 Å². The molecule has 0 spiro atoms. The van der Waals surface area contributed by atoms with E-state index < -0.39 is 12.1 Å². The summed E-state index contributed by atoms with van der Waals surface area (Å²) in [6.07, 6.45) is 2.12. The largest absolute Gasteiger partial charge is 0.497 e. The van der Waals surface area contributed by atoms with Crippen LogP contribution in [0.1, 0.15) is 53.4 Å². The Morgan fingerprint density at radius 2 is 1.73 bits per heavy atom. The highest BCUT2D eigenvalue weighted by molar-refractivity contribution is 6.21. The molecule has 164 valence electrons. The Kier molecular flexibility index (Phi) is 6.08. The van der Waals surface area contributed by atoms with E-state index in [1.807, 2.05) is 0 Å². The minimum absolute atomic E-state index is 0.0616. The van der Waals surface area contributed by atoms with Crippen molar-refractivity contribution in [2.24, 2.45) is 0 Å². The lowest BCUT2D eigenvalue weighted by Gasteiger charge is -2.46. The number of ether oxygens (including phenoxy) is 1. The summed E-state index contributed by atoms with van der Waals surface area (Å²) in [5.41, 5.74) is 0.353. The molecular weight excluding hydrogens is 384 g/mol. The van der Waals surface area contributed by atoms with E-state index in [0.29, 0.717) is 11.4 Å². The Bertz CT molecular complexity index is 803. The van der Waals surface area contributed by atoms with Crippen molar-refractivity contribution >= 4 is 23.5 Å². The van der Waals surface area contributed by atoms with E-state index in [4.69, 9.17) is 4.74 Å². The maximum absolute atomic E-state index is 12.7. The van der Waals surface area contributed by atoms with Gasteiger partial charge in [-0.25, -0.2) is 9.69 Å². The van der Waals surface area contributed by atoms with Gasteiger partial charge in [0, 0.05) is 23.5 Å². The molecule has 3 N–H and O–H groups in total. The number of amides is 4. The maximum atomic E-state index is 12.7. The molecule has 4 amide bonds. The number of carbonyl (C=O) groups excluding carboxylic acids is 3. The van der Waals surface area contributed by atoms with Crippen molar-refractivity contribution in [3.8, 4) is 5.75 Å². The fourth-order valence-corrected chi connectivity index (χ4v) is 4.70. The topological polar surface area (TPSA) is 99.8 Å². The van der Waals surface area contributed by atoms with Crippen LogP contribution in [0.4, 0.5) is 10.5 Å². The van der Waals surface area contributed by atoms with Gasteiger partial charge in [-0.05, 0) is 71.2 Å². The molecule has 8 heteroatoms. The van der Waals surface area contributed by atoms with Crippen LogP contribution in [-0.4, -0.2) is 48.1 Å². The van der Waals surface area contributed by atoms with Crippen LogP contribution < -0.4 is 25.6 Å². The minimum Gasteiger partial charge on any atom is -0.497 e. The molecule has 2 saturated heterocycles. The van der Waals surface area contributed by atoms with E-state index in [1.54, 1.807) is 31.4 Å². The van der Waals surface area contributed by atoms with Crippen LogP contribution in [0.3, 0.4) is 0 Å². The van der Waals surface area contributed by atoms with Gasteiger partial charge in [-0.1, -0.05) is 0 Å². The van der Waals surface area contributed by atoms with Gasteiger partial charge in [0.2, 0.25) is 5.91 Å². The van der Waals surface area contributed by atoms with Crippen molar-refractivity contribution in [2.45, 2.75) is 76.5 Å².